The van der Waals surface area contributed by atoms with E-state index in [2.05, 4.69) is 27.5 Å². The lowest BCUT2D eigenvalue weighted by Crippen LogP contribution is -2.47. The highest BCUT2D eigenvalue weighted by molar-refractivity contribution is 7.07. The summed E-state index contributed by atoms with van der Waals surface area (Å²) in [5.41, 5.74) is 1.09. The molecule has 1 amide bonds. The number of nitrogens with one attached hydrogen (secondary N) is 2. The van der Waals surface area contributed by atoms with Crippen LogP contribution in [0.5, 0.6) is 0 Å². The molecule has 2 heterocycles. The molecule has 106 valence electrons. The first-order chi connectivity index (χ1) is 8.81. The zero-order valence-corrected chi connectivity index (χ0v) is 12.6. The Hall–Kier alpha value is -0.580. The molecule has 0 bridgehead atoms. The van der Waals surface area contributed by atoms with Crippen LogP contribution in [-0.2, 0) is 11.3 Å². The summed E-state index contributed by atoms with van der Waals surface area (Å²) in [5, 5.41) is 10.7. The topological polar surface area (TPSA) is 41.1 Å². The minimum atomic E-state index is -0.117. The van der Waals surface area contributed by atoms with Gasteiger partial charge >= 0.3 is 0 Å². The fourth-order valence-corrected chi connectivity index (χ4v) is 4.11. The molecular weight excluding hydrogens is 280 g/mol. The molecule has 3 nitrogen and oxygen atoms in total. The molecular formula is C14H21ClN2OS. The van der Waals surface area contributed by atoms with Gasteiger partial charge in [0.2, 0.25) is 5.91 Å². The first-order valence-corrected chi connectivity index (χ1v) is 7.76. The monoisotopic (exact) mass is 300 g/mol. The second kappa shape index (κ2) is 6.25. The van der Waals surface area contributed by atoms with Crippen LogP contribution in [0.3, 0.4) is 0 Å². The zero-order chi connectivity index (χ0) is 12.4. The van der Waals surface area contributed by atoms with Crippen molar-refractivity contribution in [3.8, 4) is 0 Å². The minimum Gasteiger partial charge on any atom is -0.351 e. The highest BCUT2D eigenvalue weighted by Gasteiger charge is 2.49. The summed E-state index contributed by atoms with van der Waals surface area (Å²) in [5.74, 6) is 0.817. The van der Waals surface area contributed by atoms with Gasteiger partial charge in [-0.1, -0.05) is 12.8 Å². The molecule has 2 fully saturated rings. The van der Waals surface area contributed by atoms with E-state index in [1.54, 1.807) is 11.3 Å². The Morgan fingerprint density at radius 3 is 3.21 bits per heavy atom. The molecule has 19 heavy (non-hydrogen) atoms. The first kappa shape index (κ1) is 14.8. The van der Waals surface area contributed by atoms with Crippen molar-refractivity contribution in [2.45, 2.75) is 32.2 Å². The van der Waals surface area contributed by atoms with E-state index in [1.165, 1.54) is 24.8 Å². The number of thiophene rings is 1. The quantitative estimate of drug-likeness (QED) is 0.901. The summed E-state index contributed by atoms with van der Waals surface area (Å²) >= 11 is 1.68. The Bertz CT molecular complexity index is 423. The Balaban J connectivity index is 0.00000133. The van der Waals surface area contributed by atoms with Gasteiger partial charge in [-0.05, 0) is 47.7 Å². The van der Waals surface area contributed by atoms with E-state index in [0.717, 1.165) is 19.5 Å². The summed E-state index contributed by atoms with van der Waals surface area (Å²) in [4.78, 5) is 12.5. The second-order valence-electron chi connectivity index (χ2n) is 5.54. The van der Waals surface area contributed by atoms with E-state index in [9.17, 15) is 4.79 Å². The molecule has 0 unspecified atom stereocenters. The van der Waals surface area contributed by atoms with Crippen LogP contribution in [0.4, 0.5) is 0 Å². The van der Waals surface area contributed by atoms with Gasteiger partial charge in [-0.25, -0.2) is 0 Å². The fourth-order valence-electron chi connectivity index (χ4n) is 3.44. The van der Waals surface area contributed by atoms with Crippen LogP contribution in [0.2, 0.25) is 0 Å². The van der Waals surface area contributed by atoms with E-state index < -0.39 is 0 Å². The molecule has 2 atom stereocenters. The average Bonchev–Trinajstić information content (AvgIpc) is 3.05. The molecule has 0 aromatic carbocycles. The van der Waals surface area contributed by atoms with Crippen molar-refractivity contribution >= 4 is 29.7 Å². The Kier molecular flexibility index (Phi) is 4.87. The zero-order valence-electron chi connectivity index (χ0n) is 11.0. The highest BCUT2D eigenvalue weighted by atomic mass is 35.5. The predicted octanol–water partition coefficient (Wildman–Crippen LogP) is 2.57. The molecule has 0 spiro atoms. The van der Waals surface area contributed by atoms with Crippen molar-refractivity contribution in [1.29, 1.82) is 0 Å². The van der Waals surface area contributed by atoms with E-state index in [0.29, 0.717) is 12.5 Å². The van der Waals surface area contributed by atoms with E-state index in [1.807, 2.05) is 0 Å². The Morgan fingerprint density at radius 1 is 1.53 bits per heavy atom. The number of halogens is 1. The number of hydrogen-bond acceptors (Lipinski definition) is 3. The van der Waals surface area contributed by atoms with Crippen LogP contribution in [-0.4, -0.2) is 19.0 Å². The summed E-state index contributed by atoms with van der Waals surface area (Å²) in [7, 11) is 0. The average molecular weight is 301 g/mol. The van der Waals surface area contributed by atoms with Gasteiger partial charge in [-0.2, -0.15) is 11.3 Å². The van der Waals surface area contributed by atoms with Crippen molar-refractivity contribution in [3.63, 3.8) is 0 Å². The van der Waals surface area contributed by atoms with Gasteiger partial charge in [0.1, 0.15) is 0 Å². The molecule has 1 aliphatic carbocycles. The summed E-state index contributed by atoms with van der Waals surface area (Å²) < 4.78 is 0. The normalized spacial score (nSPS) is 29.4. The maximum atomic E-state index is 12.5. The van der Waals surface area contributed by atoms with Crippen molar-refractivity contribution in [2.24, 2.45) is 11.3 Å². The van der Waals surface area contributed by atoms with Crippen molar-refractivity contribution < 1.29 is 4.79 Å². The third kappa shape index (κ3) is 2.81. The largest absolute Gasteiger partial charge is 0.351 e. The molecule has 2 N–H and O–H groups in total. The maximum absolute atomic E-state index is 12.5. The van der Waals surface area contributed by atoms with Gasteiger partial charge in [0, 0.05) is 13.1 Å². The molecule has 2 aliphatic rings. The van der Waals surface area contributed by atoms with Crippen LogP contribution >= 0.6 is 23.7 Å². The third-order valence-electron chi connectivity index (χ3n) is 4.52. The van der Waals surface area contributed by atoms with E-state index >= 15 is 0 Å². The van der Waals surface area contributed by atoms with E-state index in [4.69, 9.17) is 0 Å². The minimum absolute atomic E-state index is 0. The highest BCUT2D eigenvalue weighted by Crippen LogP contribution is 2.43. The van der Waals surface area contributed by atoms with E-state index in [-0.39, 0.29) is 23.7 Å². The van der Waals surface area contributed by atoms with Gasteiger partial charge in [-0.3, -0.25) is 4.79 Å². The lowest BCUT2D eigenvalue weighted by molar-refractivity contribution is -0.134. The van der Waals surface area contributed by atoms with Gasteiger partial charge in [0.25, 0.3) is 0 Å². The predicted molar refractivity (Wildman–Crippen MR) is 80.7 cm³/mol. The van der Waals surface area contributed by atoms with Crippen LogP contribution < -0.4 is 10.6 Å². The molecule has 1 aromatic heterocycles. The maximum Gasteiger partial charge on any atom is 0.228 e. The smallest absolute Gasteiger partial charge is 0.228 e. The number of carbonyl (C=O) groups is 1. The van der Waals surface area contributed by atoms with Gasteiger partial charge in [0.05, 0.1) is 5.41 Å². The fraction of sp³-hybridized carbons (Fsp3) is 0.643. The van der Waals surface area contributed by atoms with Crippen LogP contribution in [0.1, 0.15) is 31.2 Å². The van der Waals surface area contributed by atoms with Crippen molar-refractivity contribution in [2.75, 3.05) is 13.1 Å². The van der Waals surface area contributed by atoms with Gasteiger partial charge in [-0.15, -0.1) is 12.4 Å². The number of fused-ring (bicyclic) bond motifs is 1. The van der Waals surface area contributed by atoms with Gasteiger partial charge in [0.15, 0.2) is 0 Å². The molecule has 1 saturated carbocycles. The van der Waals surface area contributed by atoms with Crippen LogP contribution in [0.15, 0.2) is 16.8 Å². The number of rotatable bonds is 3. The first-order valence-electron chi connectivity index (χ1n) is 6.81. The molecule has 5 heteroatoms. The Labute approximate surface area is 124 Å². The SMILES string of the molecule is Cl.O=C(NCc1ccsc1)[C@@]12CCCC[C@H]1CNC2. The number of hydrogen-bond donors (Lipinski definition) is 2. The van der Waals surface area contributed by atoms with Crippen molar-refractivity contribution in [3.05, 3.63) is 22.4 Å². The van der Waals surface area contributed by atoms with Crippen LogP contribution in [0.25, 0.3) is 0 Å². The third-order valence-corrected chi connectivity index (χ3v) is 5.26. The molecule has 0 radical (unpaired) electrons. The molecule has 1 saturated heterocycles. The lowest BCUT2D eigenvalue weighted by Gasteiger charge is -2.37. The summed E-state index contributed by atoms with van der Waals surface area (Å²) in [6.45, 7) is 2.57. The van der Waals surface area contributed by atoms with Crippen LogP contribution in [0, 0.1) is 11.3 Å². The lowest BCUT2D eigenvalue weighted by atomic mass is 9.67. The standard InChI is InChI=1S/C14H20N2OS.ClH/c17-13(16-7-11-4-6-18-9-11)14-5-2-1-3-12(14)8-15-10-14;/h4,6,9,12,15H,1-3,5,7-8,10H2,(H,16,17);1H/t12-,14+;/m0./s1. The van der Waals surface area contributed by atoms with Crippen molar-refractivity contribution in [1.82, 2.24) is 10.6 Å². The summed E-state index contributed by atoms with van der Waals surface area (Å²) in [6.07, 6.45) is 4.75. The summed E-state index contributed by atoms with van der Waals surface area (Å²) in [6, 6.07) is 2.08. The number of carbonyl (C=O) groups excluding carboxylic acids is 1. The van der Waals surface area contributed by atoms with Gasteiger partial charge < -0.3 is 10.6 Å². The molecule has 3 rings (SSSR count). The number of amides is 1. The molecule has 1 aromatic rings. The molecule has 1 aliphatic heterocycles. The Morgan fingerprint density at radius 2 is 2.42 bits per heavy atom. The second-order valence-corrected chi connectivity index (χ2v) is 6.32.